The number of alkyl halides is 3. The van der Waals surface area contributed by atoms with Gasteiger partial charge in [-0.2, -0.15) is 28.8 Å². The lowest BCUT2D eigenvalue weighted by Crippen LogP contribution is -2.20. The number of hydrogen-bond donors (Lipinski definition) is 2. The maximum atomic E-state index is 12.7. The van der Waals surface area contributed by atoms with E-state index >= 15 is 0 Å². The van der Waals surface area contributed by atoms with Gasteiger partial charge in [0, 0.05) is 13.6 Å². The number of anilines is 2. The van der Waals surface area contributed by atoms with Crippen molar-refractivity contribution in [3.8, 4) is 12.1 Å². The zero-order valence-electron chi connectivity index (χ0n) is 13.4. The Morgan fingerprint density at radius 1 is 1.28 bits per heavy atom. The number of nitrogens with one attached hydrogen (secondary N) is 1. The van der Waals surface area contributed by atoms with E-state index < -0.39 is 11.7 Å². The second-order valence-electron chi connectivity index (χ2n) is 5.44. The van der Waals surface area contributed by atoms with E-state index in [1.807, 2.05) is 6.07 Å². The fourth-order valence-electron chi connectivity index (χ4n) is 2.45. The largest absolute Gasteiger partial charge is 0.416 e. The second-order valence-corrected chi connectivity index (χ2v) is 5.44. The number of nitrogens with two attached hydrogens (primary N) is 1. The van der Waals surface area contributed by atoms with Crippen LogP contribution in [-0.2, 0) is 12.6 Å². The standard InChI is InChI=1S/C16H15F3N6/c1-25(6-2-3-13-12(9-21)15(22)24-23-13)14-5-4-11(16(17,18)19)7-10(14)8-20/h4-5,7H,2-3,6H2,1H3,(H3,22,23,24). The van der Waals surface area contributed by atoms with Gasteiger partial charge >= 0.3 is 6.18 Å². The van der Waals surface area contributed by atoms with Crippen LogP contribution in [0.15, 0.2) is 18.2 Å². The summed E-state index contributed by atoms with van der Waals surface area (Å²) in [6.07, 6.45) is -3.39. The minimum absolute atomic E-state index is 0.0409. The normalized spacial score (nSPS) is 11.0. The Labute approximate surface area is 142 Å². The number of aromatic nitrogens is 2. The van der Waals surface area contributed by atoms with Gasteiger partial charge in [-0.3, -0.25) is 5.10 Å². The Balaban J connectivity index is 2.07. The third kappa shape index (κ3) is 4.01. The monoisotopic (exact) mass is 348 g/mol. The van der Waals surface area contributed by atoms with Gasteiger partial charge in [0.15, 0.2) is 5.82 Å². The van der Waals surface area contributed by atoms with Crippen LogP contribution in [0.4, 0.5) is 24.7 Å². The SMILES string of the molecule is CN(CCCc1[nH]nc(N)c1C#N)c1ccc(C(F)(F)F)cc1C#N. The summed E-state index contributed by atoms with van der Waals surface area (Å²) in [5, 5.41) is 24.6. The zero-order valence-corrected chi connectivity index (χ0v) is 13.4. The number of hydrogen-bond acceptors (Lipinski definition) is 5. The van der Waals surface area contributed by atoms with Crippen molar-refractivity contribution in [1.29, 1.82) is 10.5 Å². The summed E-state index contributed by atoms with van der Waals surface area (Å²) in [5.74, 6) is 0.139. The maximum absolute atomic E-state index is 12.7. The Morgan fingerprint density at radius 2 is 2.00 bits per heavy atom. The average Bonchev–Trinajstić information content (AvgIpc) is 2.93. The molecule has 1 aromatic heterocycles. The van der Waals surface area contributed by atoms with E-state index in [0.29, 0.717) is 36.3 Å². The van der Waals surface area contributed by atoms with Crippen LogP contribution in [-0.4, -0.2) is 23.8 Å². The molecule has 0 saturated carbocycles. The molecule has 25 heavy (non-hydrogen) atoms. The van der Waals surface area contributed by atoms with E-state index in [1.54, 1.807) is 18.0 Å². The van der Waals surface area contributed by atoms with Crippen LogP contribution in [0.5, 0.6) is 0 Å². The number of rotatable bonds is 5. The number of nitrogen functional groups attached to an aromatic ring is 1. The van der Waals surface area contributed by atoms with E-state index in [0.717, 1.165) is 12.1 Å². The van der Waals surface area contributed by atoms with Crippen molar-refractivity contribution in [3.05, 3.63) is 40.6 Å². The number of H-pyrrole nitrogens is 1. The molecule has 0 atom stereocenters. The molecule has 130 valence electrons. The summed E-state index contributed by atoms with van der Waals surface area (Å²) in [6.45, 7) is 0.476. The third-order valence-electron chi connectivity index (χ3n) is 3.76. The first-order valence-electron chi connectivity index (χ1n) is 7.33. The minimum atomic E-state index is -4.49. The smallest absolute Gasteiger partial charge is 0.381 e. The highest BCUT2D eigenvalue weighted by Gasteiger charge is 2.31. The molecule has 1 heterocycles. The first-order valence-corrected chi connectivity index (χ1v) is 7.33. The quantitative estimate of drug-likeness (QED) is 0.864. The Hall–Kier alpha value is -3.20. The van der Waals surface area contributed by atoms with Crippen molar-refractivity contribution < 1.29 is 13.2 Å². The Morgan fingerprint density at radius 3 is 2.60 bits per heavy atom. The lowest BCUT2D eigenvalue weighted by atomic mass is 10.1. The van der Waals surface area contributed by atoms with Crippen LogP contribution in [0.25, 0.3) is 0 Å². The van der Waals surface area contributed by atoms with Gasteiger partial charge in [0.1, 0.15) is 17.7 Å². The highest BCUT2D eigenvalue weighted by atomic mass is 19.4. The molecule has 0 bridgehead atoms. The van der Waals surface area contributed by atoms with Crippen LogP contribution in [0.2, 0.25) is 0 Å². The fourth-order valence-corrected chi connectivity index (χ4v) is 2.45. The summed E-state index contributed by atoms with van der Waals surface area (Å²) in [7, 11) is 1.69. The van der Waals surface area contributed by atoms with E-state index in [2.05, 4.69) is 10.2 Å². The molecule has 3 N–H and O–H groups in total. The molecule has 0 spiro atoms. The summed E-state index contributed by atoms with van der Waals surface area (Å²) in [4.78, 5) is 1.70. The summed E-state index contributed by atoms with van der Waals surface area (Å²) in [6, 6.07) is 6.86. The van der Waals surface area contributed by atoms with Crippen molar-refractivity contribution >= 4 is 11.5 Å². The molecular formula is C16H15F3N6. The molecular weight excluding hydrogens is 333 g/mol. The van der Waals surface area contributed by atoms with Gasteiger partial charge in [-0.25, -0.2) is 0 Å². The van der Waals surface area contributed by atoms with Crippen LogP contribution in [0, 0.1) is 22.7 Å². The van der Waals surface area contributed by atoms with Crippen molar-refractivity contribution in [1.82, 2.24) is 10.2 Å². The molecule has 0 fully saturated rings. The topological polar surface area (TPSA) is 106 Å². The number of aromatic amines is 1. The fraction of sp³-hybridized carbons (Fsp3) is 0.312. The molecule has 1 aromatic carbocycles. The lowest BCUT2D eigenvalue weighted by molar-refractivity contribution is -0.137. The Bertz CT molecular complexity index is 841. The third-order valence-corrected chi connectivity index (χ3v) is 3.76. The maximum Gasteiger partial charge on any atom is 0.416 e. The van der Waals surface area contributed by atoms with Gasteiger partial charge in [0.25, 0.3) is 0 Å². The molecule has 0 radical (unpaired) electrons. The molecule has 2 aromatic rings. The number of aryl methyl sites for hydroxylation is 1. The molecule has 0 saturated heterocycles. The van der Waals surface area contributed by atoms with Gasteiger partial charge in [-0.15, -0.1) is 0 Å². The number of nitrogens with zero attached hydrogens (tertiary/aromatic N) is 4. The average molecular weight is 348 g/mol. The Kier molecular flexibility index (Phi) is 5.18. The summed E-state index contributed by atoms with van der Waals surface area (Å²) in [5.41, 5.74) is 5.99. The first-order chi connectivity index (χ1) is 11.8. The molecule has 0 unspecified atom stereocenters. The van der Waals surface area contributed by atoms with Crippen molar-refractivity contribution in [3.63, 3.8) is 0 Å². The molecule has 0 aliphatic carbocycles. The highest BCUT2D eigenvalue weighted by Crippen LogP contribution is 2.32. The van der Waals surface area contributed by atoms with Gasteiger partial charge in [-0.1, -0.05) is 0 Å². The summed E-state index contributed by atoms with van der Waals surface area (Å²) < 4.78 is 38.2. The number of benzene rings is 1. The molecule has 6 nitrogen and oxygen atoms in total. The van der Waals surface area contributed by atoms with E-state index in [4.69, 9.17) is 16.3 Å². The van der Waals surface area contributed by atoms with Gasteiger partial charge < -0.3 is 10.6 Å². The minimum Gasteiger partial charge on any atom is -0.381 e. The van der Waals surface area contributed by atoms with Gasteiger partial charge in [-0.05, 0) is 31.0 Å². The van der Waals surface area contributed by atoms with E-state index in [-0.39, 0.29) is 11.4 Å². The van der Waals surface area contributed by atoms with E-state index in [9.17, 15) is 13.2 Å². The second kappa shape index (κ2) is 7.14. The van der Waals surface area contributed by atoms with Crippen molar-refractivity contribution in [2.24, 2.45) is 0 Å². The van der Waals surface area contributed by atoms with Crippen molar-refractivity contribution in [2.75, 3.05) is 24.2 Å². The van der Waals surface area contributed by atoms with E-state index in [1.165, 1.54) is 6.07 Å². The van der Waals surface area contributed by atoms with Crippen LogP contribution in [0.3, 0.4) is 0 Å². The highest BCUT2D eigenvalue weighted by molar-refractivity contribution is 5.60. The van der Waals surface area contributed by atoms with Crippen LogP contribution < -0.4 is 10.6 Å². The molecule has 0 amide bonds. The van der Waals surface area contributed by atoms with Gasteiger partial charge in [0.05, 0.1) is 22.5 Å². The number of halogens is 3. The molecule has 9 heteroatoms. The first kappa shape index (κ1) is 18.1. The molecule has 0 aliphatic rings. The van der Waals surface area contributed by atoms with Crippen LogP contribution in [0.1, 0.15) is 28.8 Å². The summed E-state index contributed by atoms with van der Waals surface area (Å²) >= 11 is 0. The molecule has 2 rings (SSSR count). The number of nitriles is 2. The molecule has 0 aliphatic heterocycles. The van der Waals surface area contributed by atoms with Crippen molar-refractivity contribution in [2.45, 2.75) is 19.0 Å². The predicted octanol–water partition coefficient (Wildman–Crippen LogP) is 2.82. The zero-order chi connectivity index (χ0) is 18.6. The van der Waals surface area contributed by atoms with Crippen LogP contribution >= 0.6 is 0 Å². The van der Waals surface area contributed by atoms with Gasteiger partial charge in [0.2, 0.25) is 0 Å². The lowest BCUT2D eigenvalue weighted by Gasteiger charge is -2.21. The predicted molar refractivity (Wildman–Crippen MR) is 85.5 cm³/mol.